The summed E-state index contributed by atoms with van der Waals surface area (Å²) in [5, 5.41) is 0. The van der Waals surface area contributed by atoms with Gasteiger partial charge in [-0.05, 0) is 37.6 Å². The molecule has 84 valence electrons. The number of hydrogen-bond acceptors (Lipinski definition) is 2. The van der Waals surface area contributed by atoms with Crippen molar-refractivity contribution in [1.29, 1.82) is 0 Å². The molecule has 0 atom stereocenters. The minimum absolute atomic E-state index is 0.0262. The molecule has 2 N–H and O–H groups in total. The van der Waals surface area contributed by atoms with Gasteiger partial charge in [0.15, 0.2) is 0 Å². The summed E-state index contributed by atoms with van der Waals surface area (Å²) in [7, 11) is 1.66. The first kappa shape index (κ1) is 11.9. The second kappa shape index (κ2) is 5.07. The molecule has 0 aromatic heterocycles. The summed E-state index contributed by atoms with van der Waals surface area (Å²) in [5.41, 5.74) is 5.95. The van der Waals surface area contributed by atoms with Gasteiger partial charge in [-0.1, -0.05) is 0 Å². The Morgan fingerprint density at radius 3 is 2.20 bits per heavy atom. The molecule has 0 aliphatic heterocycles. The van der Waals surface area contributed by atoms with E-state index >= 15 is 0 Å². The number of halogens is 2. The van der Waals surface area contributed by atoms with Crippen LogP contribution >= 0.6 is 0 Å². The van der Waals surface area contributed by atoms with Gasteiger partial charge in [-0.25, -0.2) is 8.78 Å². The molecule has 0 bridgehead atoms. The quantitative estimate of drug-likeness (QED) is 0.829. The molecular weight excluding hydrogens is 198 g/mol. The SMILES string of the molecule is CCN(C)c1c(F)cc(CCN)cc1F. The molecule has 0 saturated heterocycles. The number of hydrogen-bond donors (Lipinski definition) is 1. The highest BCUT2D eigenvalue weighted by Crippen LogP contribution is 2.23. The minimum atomic E-state index is -0.525. The lowest BCUT2D eigenvalue weighted by atomic mass is 10.1. The molecule has 0 unspecified atom stereocenters. The number of anilines is 1. The molecule has 0 amide bonds. The topological polar surface area (TPSA) is 29.3 Å². The zero-order valence-corrected chi connectivity index (χ0v) is 9.06. The summed E-state index contributed by atoms with van der Waals surface area (Å²) < 4.78 is 27.1. The maximum absolute atomic E-state index is 13.5. The summed E-state index contributed by atoms with van der Waals surface area (Å²) in [6.07, 6.45) is 0.490. The Bertz CT molecular complexity index is 316. The van der Waals surface area contributed by atoms with Gasteiger partial charge in [0.2, 0.25) is 0 Å². The molecule has 1 aromatic rings. The van der Waals surface area contributed by atoms with Gasteiger partial charge in [-0.15, -0.1) is 0 Å². The molecule has 0 aliphatic carbocycles. The van der Waals surface area contributed by atoms with Gasteiger partial charge in [0.05, 0.1) is 0 Å². The highest BCUT2D eigenvalue weighted by Gasteiger charge is 2.13. The Morgan fingerprint density at radius 2 is 1.80 bits per heavy atom. The number of rotatable bonds is 4. The first-order chi connectivity index (χ1) is 7.10. The highest BCUT2D eigenvalue weighted by atomic mass is 19.1. The van der Waals surface area contributed by atoms with E-state index in [1.54, 1.807) is 7.05 Å². The summed E-state index contributed by atoms with van der Waals surface area (Å²) >= 11 is 0. The first-order valence-electron chi connectivity index (χ1n) is 4.99. The minimum Gasteiger partial charge on any atom is -0.370 e. The maximum atomic E-state index is 13.5. The molecule has 1 rings (SSSR count). The van der Waals surface area contributed by atoms with E-state index in [0.717, 1.165) is 0 Å². The van der Waals surface area contributed by atoms with Crippen LogP contribution in [0.1, 0.15) is 12.5 Å². The molecule has 15 heavy (non-hydrogen) atoms. The van der Waals surface area contributed by atoms with Gasteiger partial charge in [-0.2, -0.15) is 0 Å². The monoisotopic (exact) mass is 214 g/mol. The van der Waals surface area contributed by atoms with Crippen molar-refractivity contribution in [2.75, 3.05) is 25.0 Å². The van der Waals surface area contributed by atoms with Gasteiger partial charge in [0.25, 0.3) is 0 Å². The Labute approximate surface area is 88.7 Å². The van der Waals surface area contributed by atoms with Crippen LogP contribution in [-0.2, 0) is 6.42 Å². The van der Waals surface area contributed by atoms with Crippen LogP contribution in [0.5, 0.6) is 0 Å². The van der Waals surface area contributed by atoms with Crippen LogP contribution in [0.25, 0.3) is 0 Å². The van der Waals surface area contributed by atoms with E-state index in [1.807, 2.05) is 6.92 Å². The van der Waals surface area contributed by atoms with Gasteiger partial charge >= 0.3 is 0 Å². The Balaban J connectivity index is 3.09. The fraction of sp³-hybridized carbons (Fsp3) is 0.455. The van der Waals surface area contributed by atoms with Crippen molar-refractivity contribution < 1.29 is 8.78 Å². The summed E-state index contributed by atoms with van der Waals surface area (Å²) in [5.74, 6) is -1.05. The molecular formula is C11H16F2N2. The molecule has 0 heterocycles. The highest BCUT2D eigenvalue weighted by molar-refractivity contribution is 5.50. The van der Waals surface area contributed by atoms with Crippen molar-refractivity contribution in [2.45, 2.75) is 13.3 Å². The van der Waals surface area contributed by atoms with Crippen LogP contribution in [0, 0.1) is 11.6 Å². The summed E-state index contributed by atoms with van der Waals surface area (Å²) in [4.78, 5) is 1.54. The van der Waals surface area contributed by atoms with Crippen molar-refractivity contribution in [2.24, 2.45) is 5.73 Å². The van der Waals surface area contributed by atoms with Crippen molar-refractivity contribution in [1.82, 2.24) is 0 Å². The zero-order valence-electron chi connectivity index (χ0n) is 9.06. The Kier molecular flexibility index (Phi) is 4.03. The molecule has 0 fully saturated rings. The predicted octanol–water partition coefficient (Wildman–Crippen LogP) is 1.92. The zero-order chi connectivity index (χ0) is 11.4. The van der Waals surface area contributed by atoms with Crippen molar-refractivity contribution in [3.63, 3.8) is 0 Å². The lowest BCUT2D eigenvalue weighted by molar-refractivity contribution is 0.575. The smallest absolute Gasteiger partial charge is 0.149 e. The van der Waals surface area contributed by atoms with E-state index in [1.165, 1.54) is 17.0 Å². The fourth-order valence-electron chi connectivity index (χ4n) is 1.45. The summed E-state index contributed by atoms with van der Waals surface area (Å²) in [6.45, 7) is 2.79. The molecule has 0 spiro atoms. The van der Waals surface area contributed by atoms with E-state index in [9.17, 15) is 8.78 Å². The van der Waals surface area contributed by atoms with Crippen molar-refractivity contribution in [3.05, 3.63) is 29.3 Å². The number of nitrogens with two attached hydrogens (primary N) is 1. The molecule has 1 aromatic carbocycles. The maximum Gasteiger partial charge on any atom is 0.149 e. The molecule has 0 radical (unpaired) electrons. The normalized spacial score (nSPS) is 10.5. The van der Waals surface area contributed by atoms with Crippen LogP contribution in [0.3, 0.4) is 0 Å². The second-order valence-corrected chi connectivity index (χ2v) is 3.46. The van der Waals surface area contributed by atoms with Crippen LogP contribution in [0.4, 0.5) is 14.5 Å². The van der Waals surface area contributed by atoms with Crippen LogP contribution < -0.4 is 10.6 Å². The second-order valence-electron chi connectivity index (χ2n) is 3.46. The third-order valence-electron chi connectivity index (χ3n) is 2.37. The van der Waals surface area contributed by atoms with E-state index in [-0.39, 0.29) is 5.69 Å². The largest absolute Gasteiger partial charge is 0.370 e. The number of benzene rings is 1. The van der Waals surface area contributed by atoms with Gasteiger partial charge in [-0.3, -0.25) is 0 Å². The lowest BCUT2D eigenvalue weighted by Gasteiger charge is -2.18. The first-order valence-corrected chi connectivity index (χ1v) is 4.99. The Hall–Kier alpha value is -1.16. The molecule has 0 aliphatic rings. The average molecular weight is 214 g/mol. The van der Waals surface area contributed by atoms with E-state index in [0.29, 0.717) is 25.1 Å². The molecule has 0 saturated carbocycles. The predicted molar refractivity (Wildman–Crippen MR) is 58.1 cm³/mol. The number of nitrogens with zero attached hydrogens (tertiary/aromatic N) is 1. The third-order valence-corrected chi connectivity index (χ3v) is 2.37. The van der Waals surface area contributed by atoms with Crippen molar-refractivity contribution in [3.8, 4) is 0 Å². The van der Waals surface area contributed by atoms with E-state index in [2.05, 4.69) is 0 Å². The standard InChI is InChI=1S/C11H16F2N2/c1-3-15(2)11-9(12)6-8(4-5-14)7-10(11)13/h6-7H,3-5,14H2,1-2H3. The fourth-order valence-corrected chi connectivity index (χ4v) is 1.45. The Morgan fingerprint density at radius 1 is 1.27 bits per heavy atom. The van der Waals surface area contributed by atoms with Gasteiger partial charge < -0.3 is 10.6 Å². The summed E-state index contributed by atoms with van der Waals surface area (Å²) in [6, 6.07) is 2.69. The third kappa shape index (κ3) is 2.65. The van der Waals surface area contributed by atoms with Gasteiger partial charge in [0, 0.05) is 13.6 Å². The molecule has 4 heteroatoms. The van der Waals surface area contributed by atoms with E-state index in [4.69, 9.17) is 5.73 Å². The molecule has 2 nitrogen and oxygen atoms in total. The van der Waals surface area contributed by atoms with Crippen molar-refractivity contribution >= 4 is 5.69 Å². The lowest BCUT2D eigenvalue weighted by Crippen LogP contribution is -2.19. The average Bonchev–Trinajstić information content (AvgIpc) is 2.16. The van der Waals surface area contributed by atoms with Crippen LogP contribution in [-0.4, -0.2) is 20.1 Å². The van der Waals surface area contributed by atoms with E-state index < -0.39 is 11.6 Å². The van der Waals surface area contributed by atoms with Gasteiger partial charge in [0.1, 0.15) is 17.3 Å². The van der Waals surface area contributed by atoms with Crippen LogP contribution in [0.15, 0.2) is 12.1 Å². The van der Waals surface area contributed by atoms with Crippen LogP contribution in [0.2, 0.25) is 0 Å².